The summed E-state index contributed by atoms with van der Waals surface area (Å²) in [5, 5.41) is 18.5. The molecule has 4 aromatic rings. The Bertz CT molecular complexity index is 1380. The molecule has 7 nitrogen and oxygen atoms in total. The maximum Gasteiger partial charge on any atom is 0.273 e. The Morgan fingerprint density at radius 1 is 1.09 bits per heavy atom. The molecule has 1 aromatic heterocycles. The zero-order chi connectivity index (χ0) is 24.5. The van der Waals surface area contributed by atoms with E-state index in [1.54, 1.807) is 42.3 Å². The number of H-pyrrole nitrogens is 1. The normalized spacial score (nSPS) is 14.8. The van der Waals surface area contributed by atoms with E-state index in [0.29, 0.717) is 52.2 Å². The number of rotatable bonds is 7. The van der Waals surface area contributed by atoms with Gasteiger partial charge in [0.05, 0.1) is 19.8 Å². The molecule has 0 aliphatic carbocycles. The van der Waals surface area contributed by atoms with E-state index in [9.17, 15) is 9.90 Å². The highest BCUT2D eigenvalue weighted by Gasteiger charge is 2.42. The van der Waals surface area contributed by atoms with Crippen molar-refractivity contribution in [3.05, 3.63) is 94.1 Å². The molecule has 2 heterocycles. The standard InChI is InChI=1S/C27H24ClN3O4/c1-3-35-21-13-10-17(14-22(21)34-2)26-23-24(19-6-4-5-7-20(19)32)29-30-25(23)27(33)31(26)15-16-8-11-18(28)12-9-16/h4-14,26,32H,3,15H2,1-2H3,(H,29,30). The molecule has 1 amide bonds. The van der Waals surface area contributed by atoms with Crippen molar-refractivity contribution in [2.75, 3.05) is 13.7 Å². The summed E-state index contributed by atoms with van der Waals surface area (Å²) in [5.41, 5.74) is 3.96. The van der Waals surface area contributed by atoms with Crippen LogP contribution in [0.3, 0.4) is 0 Å². The second-order valence-corrected chi connectivity index (χ2v) is 8.62. The Morgan fingerprint density at radius 2 is 1.86 bits per heavy atom. The number of aromatic amines is 1. The number of benzene rings is 3. The summed E-state index contributed by atoms with van der Waals surface area (Å²) >= 11 is 6.07. The van der Waals surface area contributed by atoms with Crippen LogP contribution >= 0.6 is 11.6 Å². The number of nitrogens with one attached hydrogen (secondary N) is 1. The summed E-state index contributed by atoms with van der Waals surface area (Å²) in [6.07, 6.45) is 0. The summed E-state index contributed by atoms with van der Waals surface area (Å²) in [7, 11) is 1.59. The van der Waals surface area contributed by atoms with Crippen molar-refractivity contribution < 1.29 is 19.4 Å². The molecular weight excluding hydrogens is 466 g/mol. The minimum atomic E-state index is -0.467. The molecule has 8 heteroatoms. The van der Waals surface area contributed by atoms with Gasteiger partial charge in [0, 0.05) is 22.7 Å². The summed E-state index contributed by atoms with van der Waals surface area (Å²) in [5.74, 6) is 1.11. The van der Waals surface area contributed by atoms with Crippen LogP contribution < -0.4 is 9.47 Å². The fraction of sp³-hybridized carbons (Fsp3) is 0.185. The number of fused-ring (bicyclic) bond motifs is 1. The monoisotopic (exact) mass is 489 g/mol. The third-order valence-electron chi connectivity index (χ3n) is 6.09. The maximum atomic E-state index is 13.6. The highest BCUT2D eigenvalue weighted by atomic mass is 35.5. The average molecular weight is 490 g/mol. The quantitative estimate of drug-likeness (QED) is 0.353. The lowest BCUT2D eigenvalue weighted by Gasteiger charge is -2.27. The SMILES string of the molecule is CCOc1ccc(C2c3c(-c4ccccc4O)n[nH]c3C(=O)N2Cc2ccc(Cl)cc2)cc1OC. The Kier molecular flexibility index (Phi) is 6.09. The number of hydrogen-bond donors (Lipinski definition) is 2. The van der Waals surface area contributed by atoms with E-state index in [1.165, 1.54) is 0 Å². The lowest BCUT2D eigenvalue weighted by molar-refractivity contribution is 0.0730. The first kappa shape index (κ1) is 22.8. The van der Waals surface area contributed by atoms with Crippen molar-refractivity contribution >= 4 is 17.5 Å². The molecule has 0 spiro atoms. The molecule has 1 unspecified atom stereocenters. The highest BCUT2D eigenvalue weighted by Crippen LogP contribution is 2.46. The van der Waals surface area contributed by atoms with Gasteiger partial charge in [-0.2, -0.15) is 5.10 Å². The Balaban J connectivity index is 1.66. The second-order valence-electron chi connectivity index (χ2n) is 8.18. The van der Waals surface area contributed by atoms with E-state index in [0.717, 1.165) is 11.1 Å². The van der Waals surface area contributed by atoms with Crippen LogP contribution in [0.5, 0.6) is 17.2 Å². The van der Waals surface area contributed by atoms with Crippen LogP contribution in [0, 0.1) is 0 Å². The van der Waals surface area contributed by atoms with Crippen molar-refractivity contribution in [3.8, 4) is 28.5 Å². The topological polar surface area (TPSA) is 87.7 Å². The first-order valence-electron chi connectivity index (χ1n) is 11.2. The fourth-order valence-electron chi connectivity index (χ4n) is 4.50. The van der Waals surface area contributed by atoms with E-state index in [4.69, 9.17) is 21.1 Å². The predicted molar refractivity (Wildman–Crippen MR) is 133 cm³/mol. The van der Waals surface area contributed by atoms with E-state index >= 15 is 0 Å². The number of carbonyl (C=O) groups is 1. The third-order valence-corrected chi connectivity index (χ3v) is 6.34. The molecule has 178 valence electrons. The molecular formula is C27H24ClN3O4. The summed E-state index contributed by atoms with van der Waals surface area (Å²) in [6.45, 7) is 2.77. The van der Waals surface area contributed by atoms with Crippen LogP contribution in [0.25, 0.3) is 11.3 Å². The number of carbonyl (C=O) groups excluding carboxylic acids is 1. The first-order valence-corrected chi connectivity index (χ1v) is 11.6. The van der Waals surface area contributed by atoms with Gasteiger partial charge in [0.15, 0.2) is 11.5 Å². The van der Waals surface area contributed by atoms with Crippen LogP contribution in [0.2, 0.25) is 5.02 Å². The minimum absolute atomic E-state index is 0.0911. The molecule has 5 rings (SSSR count). The highest BCUT2D eigenvalue weighted by molar-refractivity contribution is 6.30. The molecule has 1 aliphatic rings. The van der Waals surface area contributed by atoms with E-state index < -0.39 is 6.04 Å². The van der Waals surface area contributed by atoms with Gasteiger partial charge < -0.3 is 19.5 Å². The Morgan fingerprint density at radius 3 is 2.57 bits per heavy atom. The lowest BCUT2D eigenvalue weighted by atomic mass is 9.95. The van der Waals surface area contributed by atoms with Crippen molar-refractivity contribution in [3.63, 3.8) is 0 Å². The largest absolute Gasteiger partial charge is 0.507 e. The zero-order valence-corrected chi connectivity index (χ0v) is 20.0. The number of phenolic OH excluding ortho intramolecular Hbond substituents is 1. The number of ether oxygens (including phenoxy) is 2. The van der Waals surface area contributed by atoms with Gasteiger partial charge in [-0.3, -0.25) is 9.89 Å². The van der Waals surface area contributed by atoms with Crippen LogP contribution in [0.1, 0.15) is 40.1 Å². The Labute approximate surface area is 207 Å². The molecule has 0 bridgehead atoms. The van der Waals surface area contributed by atoms with E-state index in [1.807, 2.05) is 43.3 Å². The van der Waals surface area contributed by atoms with Crippen LogP contribution in [0.15, 0.2) is 66.7 Å². The summed E-state index contributed by atoms with van der Waals surface area (Å²) in [4.78, 5) is 15.4. The minimum Gasteiger partial charge on any atom is -0.507 e. The molecule has 3 aromatic carbocycles. The number of amides is 1. The number of nitrogens with zero attached hydrogens (tertiary/aromatic N) is 2. The summed E-state index contributed by atoms with van der Waals surface area (Å²) in [6, 6.07) is 19.6. The van der Waals surface area contributed by atoms with E-state index in [-0.39, 0.29) is 11.7 Å². The Hall–Kier alpha value is -3.97. The molecule has 2 N–H and O–H groups in total. The average Bonchev–Trinajstić information content (AvgIpc) is 3.40. The number of aromatic nitrogens is 2. The van der Waals surface area contributed by atoms with Crippen molar-refractivity contribution in [1.82, 2.24) is 15.1 Å². The van der Waals surface area contributed by atoms with Crippen molar-refractivity contribution in [2.45, 2.75) is 19.5 Å². The number of para-hydroxylation sites is 1. The van der Waals surface area contributed by atoms with Gasteiger partial charge in [0.25, 0.3) is 5.91 Å². The van der Waals surface area contributed by atoms with Gasteiger partial charge in [0.1, 0.15) is 17.1 Å². The van der Waals surface area contributed by atoms with Crippen LogP contribution in [0.4, 0.5) is 0 Å². The number of methoxy groups -OCH3 is 1. The zero-order valence-electron chi connectivity index (χ0n) is 19.3. The smallest absolute Gasteiger partial charge is 0.273 e. The van der Waals surface area contributed by atoms with Gasteiger partial charge in [-0.25, -0.2) is 0 Å². The molecule has 35 heavy (non-hydrogen) atoms. The van der Waals surface area contributed by atoms with Gasteiger partial charge in [0.2, 0.25) is 0 Å². The molecule has 0 radical (unpaired) electrons. The number of halogens is 1. The molecule has 1 atom stereocenters. The van der Waals surface area contributed by atoms with E-state index in [2.05, 4.69) is 10.2 Å². The predicted octanol–water partition coefficient (Wildman–Crippen LogP) is 5.59. The summed E-state index contributed by atoms with van der Waals surface area (Å²) < 4.78 is 11.3. The van der Waals surface area contributed by atoms with Crippen molar-refractivity contribution in [1.29, 1.82) is 0 Å². The number of aromatic hydroxyl groups is 1. The fourth-order valence-corrected chi connectivity index (χ4v) is 4.63. The van der Waals surface area contributed by atoms with Crippen LogP contribution in [-0.2, 0) is 6.54 Å². The number of phenols is 1. The van der Waals surface area contributed by atoms with Gasteiger partial charge in [-0.1, -0.05) is 41.9 Å². The number of hydrogen-bond acceptors (Lipinski definition) is 5. The second kappa shape index (κ2) is 9.35. The maximum absolute atomic E-state index is 13.6. The van der Waals surface area contributed by atoms with Gasteiger partial charge in [-0.15, -0.1) is 0 Å². The molecule has 0 saturated heterocycles. The first-order chi connectivity index (χ1) is 17.0. The third kappa shape index (κ3) is 4.08. The lowest BCUT2D eigenvalue weighted by Crippen LogP contribution is -2.29. The van der Waals surface area contributed by atoms with Gasteiger partial charge >= 0.3 is 0 Å². The molecule has 1 aliphatic heterocycles. The van der Waals surface area contributed by atoms with Gasteiger partial charge in [-0.05, 0) is 54.4 Å². The van der Waals surface area contributed by atoms with Crippen LogP contribution in [-0.4, -0.2) is 39.8 Å². The molecule has 0 fully saturated rings. The van der Waals surface area contributed by atoms with Crippen molar-refractivity contribution in [2.24, 2.45) is 0 Å². The molecule has 0 saturated carbocycles.